The van der Waals surface area contributed by atoms with E-state index in [2.05, 4.69) is 25.1 Å². The van der Waals surface area contributed by atoms with Crippen molar-refractivity contribution in [3.05, 3.63) is 29.8 Å². The Balaban J connectivity index is 2.82. The van der Waals surface area contributed by atoms with Gasteiger partial charge in [-0.2, -0.15) is 0 Å². The Morgan fingerprint density at radius 2 is 2.09 bits per heavy atom. The molecule has 0 saturated carbocycles. The van der Waals surface area contributed by atoms with Gasteiger partial charge < -0.3 is 4.42 Å². The maximum absolute atomic E-state index is 5.42. The van der Waals surface area contributed by atoms with Crippen LogP contribution in [0.3, 0.4) is 0 Å². The van der Waals surface area contributed by atoms with Crippen molar-refractivity contribution in [2.75, 3.05) is 0 Å². The average molecular weight is 144 g/mol. The van der Waals surface area contributed by atoms with Crippen molar-refractivity contribution in [1.82, 2.24) is 0 Å². The molecule has 1 aromatic carbocycles. The van der Waals surface area contributed by atoms with Gasteiger partial charge in [0.05, 0.1) is 5.66 Å². The molecule has 2 heteroatoms. The predicted molar refractivity (Wildman–Crippen MR) is 49.1 cm³/mol. The summed E-state index contributed by atoms with van der Waals surface area (Å²) in [7, 11) is 1.97. The van der Waals surface area contributed by atoms with Crippen LogP contribution in [0, 0.1) is 6.92 Å². The number of rotatable bonds is 0. The maximum atomic E-state index is 5.42. The van der Waals surface area contributed by atoms with Crippen LogP contribution in [0.4, 0.5) is 0 Å². The highest BCUT2D eigenvalue weighted by Crippen LogP contribution is 2.14. The van der Waals surface area contributed by atoms with E-state index in [1.165, 1.54) is 10.9 Å². The highest BCUT2D eigenvalue weighted by molar-refractivity contribution is 6.31. The van der Waals surface area contributed by atoms with E-state index in [1.807, 2.05) is 13.9 Å². The standard InChI is InChI=1S/C9H9BO/c1-6-2-3-8-7(4-6)5-9(10)11-8/h2-5H,10H2,1H3. The zero-order valence-electron chi connectivity index (χ0n) is 6.72. The van der Waals surface area contributed by atoms with E-state index in [0.717, 1.165) is 11.2 Å². The smallest absolute Gasteiger partial charge is 0.186 e. The van der Waals surface area contributed by atoms with Gasteiger partial charge in [0.15, 0.2) is 7.85 Å². The van der Waals surface area contributed by atoms with Gasteiger partial charge in [-0.1, -0.05) is 11.6 Å². The summed E-state index contributed by atoms with van der Waals surface area (Å²) < 4.78 is 5.42. The first-order valence-corrected chi connectivity index (χ1v) is 3.72. The molecule has 2 rings (SSSR count). The van der Waals surface area contributed by atoms with Gasteiger partial charge in [0.1, 0.15) is 5.58 Å². The first-order valence-electron chi connectivity index (χ1n) is 3.72. The van der Waals surface area contributed by atoms with E-state index in [4.69, 9.17) is 4.42 Å². The van der Waals surface area contributed by atoms with Gasteiger partial charge in [-0.05, 0) is 25.1 Å². The average Bonchev–Trinajstić information content (AvgIpc) is 2.27. The van der Waals surface area contributed by atoms with E-state index in [1.54, 1.807) is 0 Å². The minimum Gasteiger partial charge on any atom is -0.472 e. The third kappa shape index (κ3) is 1.05. The molecule has 1 aromatic heterocycles. The van der Waals surface area contributed by atoms with Gasteiger partial charge in [-0.3, -0.25) is 0 Å². The van der Waals surface area contributed by atoms with Crippen molar-refractivity contribution in [2.24, 2.45) is 0 Å². The Labute approximate surface area is 66.4 Å². The van der Waals surface area contributed by atoms with Crippen molar-refractivity contribution in [2.45, 2.75) is 6.92 Å². The third-order valence-corrected chi connectivity index (χ3v) is 1.80. The van der Waals surface area contributed by atoms with Gasteiger partial charge in [0, 0.05) is 5.39 Å². The minimum absolute atomic E-state index is 0.977. The topological polar surface area (TPSA) is 13.1 Å². The summed E-state index contributed by atoms with van der Waals surface area (Å²) in [6.07, 6.45) is 0. The molecule has 0 aliphatic carbocycles. The fourth-order valence-corrected chi connectivity index (χ4v) is 1.30. The fourth-order valence-electron chi connectivity index (χ4n) is 1.30. The molecule has 0 aliphatic heterocycles. The van der Waals surface area contributed by atoms with E-state index >= 15 is 0 Å². The molecule has 11 heavy (non-hydrogen) atoms. The summed E-state index contributed by atoms with van der Waals surface area (Å²) in [6, 6.07) is 8.26. The quantitative estimate of drug-likeness (QED) is 0.502. The van der Waals surface area contributed by atoms with Crippen LogP contribution in [-0.2, 0) is 0 Å². The molecule has 2 aromatic rings. The molecule has 0 unspecified atom stereocenters. The molecule has 54 valence electrons. The molecule has 0 saturated heterocycles. The lowest BCUT2D eigenvalue weighted by molar-refractivity contribution is 0.653. The molecule has 0 spiro atoms. The van der Waals surface area contributed by atoms with E-state index < -0.39 is 0 Å². The number of hydrogen-bond acceptors (Lipinski definition) is 1. The molecule has 0 N–H and O–H groups in total. The first-order chi connectivity index (χ1) is 5.25. The SMILES string of the molecule is Bc1cc2cc(C)ccc2o1. The normalized spacial score (nSPS) is 10.6. The highest BCUT2D eigenvalue weighted by Gasteiger charge is 1.97. The molecule has 0 bridgehead atoms. The Hall–Kier alpha value is -1.18. The summed E-state index contributed by atoms with van der Waals surface area (Å²) in [5.41, 5.74) is 3.23. The number of fused-ring (bicyclic) bond motifs is 1. The van der Waals surface area contributed by atoms with Gasteiger partial charge in [-0.15, -0.1) is 0 Å². The predicted octanol–water partition coefficient (Wildman–Crippen LogP) is 1.000. The molecule has 0 fully saturated rings. The van der Waals surface area contributed by atoms with Gasteiger partial charge in [0.2, 0.25) is 0 Å². The Bertz CT molecular complexity index is 389. The lowest BCUT2D eigenvalue weighted by Crippen LogP contribution is -1.92. The molecule has 0 radical (unpaired) electrons. The van der Waals surface area contributed by atoms with Crippen LogP contribution in [0.2, 0.25) is 0 Å². The van der Waals surface area contributed by atoms with Crippen molar-refractivity contribution in [3.63, 3.8) is 0 Å². The van der Waals surface area contributed by atoms with E-state index in [0.29, 0.717) is 0 Å². The van der Waals surface area contributed by atoms with Crippen LogP contribution in [0.25, 0.3) is 11.0 Å². The van der Waals surface area contributed by atoms with Crippen LogP contribution in [0.5, 0.6) is 0 Å². The van der Waals surface area contributed by atoms with E-state index in [9.17, 15) is 0 Å². The molecule has 0 atom stereocenters. The second-order valence-corrected chi connectivity index (χ2v) is 2.90. The van der Waals surface area contributed by atoms with E-state index in [-0.39, 0.29) is 0 Å². The molecule has 0 amide bonds. The minimum atomic E-state index is 0.977. The Kier molecular flexibility index (Phi) is 1.28. The molecule has 1 heterocycles. The van der Waals surface area contributed by atoms with Crippen molar-refractivity contribution in [1.29, 1.82) is 0 Å². The monoisotopic (exact) mass is 144 g/mol. The number of aryl methyl sites for hydroxylation is 1. The summed E-state index contributed by atoms with van der Waals surface area (Å²) in [4.78, 5) is 0. The number of furan rings is 1. The zero-order chi connectivity index (χ0) is 7.84. The van der Waals surface area contributed by atoms with Crippen LogP contribution in [0.15, 0.2) is 28.7 Å². The van der Waals surface area contributed by atoms with Crippen LogP contribution in [0.1, 0.15) is 5.56 Å². The Morgan fingerprint density at radius 3 is 2.91 bits per heavy atom. The molecule has 0 aliphatic rings. The third-order valence-electron chi connectivity index (χ3n) is 1.80. The number of benzene rings is 1. The van der Waals surface area contributed by atoms with Crippen molar-refractivity contribution >= 4 is 24.5 Å². The second-order valence-electron chi connectivity index (χ2n) is 2.90. The largest absolute Gasteiger partial charge is 0.472 e. The summed E-state index contributed by atoms with van der Waals surface area (Å²) in [5, 5.41) is 1.20. The van der Waals surface area contributed by atoms with Crippen molar-refractivity contribution in [3.8, 4) is 0 Å². The maximum Gasteiger partial charge on any atom is 0.186 e. The molecular weight excluding hydrogens is 135 g/mol. The van der Waals surface area contributed by atoms with Crippen LogP contribution < -0.4 is 5.66 Å². The van der Waals surface area contributed by atoms with Crippen molar-refractivity contribution < 1.29 is 4.42 Å². The van der Waals surface area contributed by atoms with Gasteiger partial charge >= 0.3 is 0 Å². The van der Waals surface area contributed by atoms with Crippen LogP contribution >= 0.6 is 0 Å². The Morgan fingerprint density at radius 1 is 1.27 bits per heavy atom. The summed E-state index contributed by atoms with van der Waals surface area (Å²) in [5.74, 6) is 0. The second kappa shape index (κ2) is 2.16. The lowest BCUT2D eigenvalue weighted by atomic mass is 10.1. The molecule has 1 nitrogen and oxygen atoms in total. The number of hydrogen-bond donors (Lipinski definition) is 0. The lowest BCUT2D eigenvalue weighted by Gasteiger charge is -1.89. The summed E-state index contributed by atoms with van der Waals surface area (Å²) >= 11 is 0. The summed E-state index contributed by atoms with van der Waals surface area (Å²) in [6.45, 7) is 2.09. The highest BCUT2D eigenvalue weighted by atomic mass is 16.3. The van der Waals surface area contributed by atoms with Crippen LogP contribution in [-0.4, -0.2) is 7.85 Å². The molecular formula is C9H9BO. The first kappa shape index (κ1) is 6.53. The zero-order valence-corrected chi connectivity index (χ0v) is 6.72. The van der Waals surface area contributed by atoms with Gasteiger partial charge in [-0.25, -0.2) is 0 Å². The van der Waals surface area contributed by atoms with Gasteiger partial charge in [0.25, 0.3) is 0 Å². The fraction of sp³-hybridized carbons (Fsp3) is 0.111.